The quantitative estimate of drug-likeness (QED) is 0.469. The molecule has 1 saturated heterocycles. The maximum Gasteiger partial charge on any atom is 0.417 e. The Kier molecular flexibility index (Phi) is 5.82. The van der Waals surface area contributed by atoms with Crippen LogP contribution in [0.3, 0.4) is 0 Å². The van der Waals surface area contributed by atoms with Gasteiger partial charge < -0.3 is 11.1 Å². The smallest absolute Gasteiger partial charge is 0.367 e. The summed E-state index contributed by atoms with van der Waals surface area (Å²) >= 11 is 6.34. The number of hydrogen-bond acceptors (Lipinski definition) is 6. The Balaban J connectivity index is 1.49. The Hall–Kier alpha value is -2.67. The van der Waals surface area contributed by atoms with E-state index in [-0.39, 0.29) is 39.0 Å². The third-order valence-electron chi connectivity index (χ3n) is 6.41. The van der Waals surface area contributed by atoms with Crippen LogP contribution in [0, 0.1) is 0 Å². The molecule has 1 aliphatic heterocycles. The van der Waals surface area contributed by atoms with E-state index in [1.54, 1.807) is 0 Å². The van der Waals surface area contributed by atoms with Crippen LogP contribution in [0.4, 0.5) is 19.1 Å². The number of piperazine rings is 1. The molecule has 2 fully saturated rings. The van der Waals surface area contributed by atoms with Crippen molar-refractivity contribution in [3.63, 3.8) is 0 Å². The zero-order valence-electron chi connectivity index (χ0n) is 18.4. The zero-order valence-corrected chi connectivity index (χ0v) is 19.9. The van der Waals surface area contributed by atoms with Gasteiger partial charge in [0.05, 0.1) is 10.5 Å². The molecule has 3 aromatic rings. The van der Waals surface area contributed by atoms with Gasteiger partial charge in [-0.3, -0.25) is 5.10 Å². The lowest BCUT2D eigenvalue weighted by Crippen LogP contribution is -2.55. The summed E-state index contributed by atoms with van der Waals surface area (Å²) in [4.78, 5) is 3.96. The minimum Gasteiger partial charge on any atom is -0.367 e. The second-order valence-corrected chi connectivity index (χ2v) is 11.1. The van der Waals surface area contributed by atoms with Gasteiger partial charge in [0.1, 0.15) is 5.82 Å². The molecule has 1 saturated carbocycles. The molecule has 1 aromatic heterocycles. The third kappa shape index (κ3) is 4.51. The molecule has 5 rings (SSSR count). The van der Waals surface area contributed by atoms with Gasteiger partial charge in [0, 0.05) is 42.2 Å². The highest BCUT2D eigenvalue weighted by Crippen LogP contribution is 2.46. The fraction of sp³-hybridized carbons (Fsp3) is 0.364. The van der Waals surface area contributed by atoms with Crippen molar-refractivity contribution in [1.29, 1.82) is 0 Å². The maximum absolute atomic E-state index is 14.0. The van der Waals surface area contributed by atoms with E-state index in [0.29, 0.717) is 25.5 Å². The van der Waals surface area contributed by atoms with Crippen LogP contribution < -0.4 is 11.1 Å². The zero-order chi connectivity index (χ0) is 25.0. The fourth-order valence-corrected chi connectivity index (χ4v) is 6.73. The van der Waals surface area contributed by atoms with Gasteiger partial charge >= 0.3 is 6.18 Å². The van der Waals surface area contributed by atoms with E-state index in [2.05, 4.69) is 20.5 Å². The molecular formula is C22H22ClF3N6O2S. The topological polar surface area (TPSA) is 117 Å². The van der Waals surface area contributed by atoms with Crippen LogP contribution in [0.1, 0.15) is 29.8 Å². The van der Waals surface area contributed by atoms with Crippen molar-refractivity contribution in [3.05, 3.63) is 58.4 Å². The lowest BCUT2D eigenvalue weighted by atomic mass is 9.96. The van der Waals surface area contributed by atoms with Crippen molar-refractivity contribution >= 4 is 27.6 Å². The summed E-state index contributed by atoms with van der Waals surface area (Å²) in [7, 11) is -3.78. The van der Waals surface area contributed by atoms with Crippen molar-refractivity contribution in [2.45, 2.75) is 35.9 Å². The number of nitrogens with zero attached hydrogens (tertiary/aromatic N) is 3. The fourth-order valence-electron chi connectivity index (χ4n) is 4.56. The van der Waals surface area contributed by atoms with Gasteiger partial charge in [-0.2, -0.15) is 22.5 Å². The van der Waals surface area contributed by atoms with E-state index in [1.807, 2.05) is 0 Å². The lowest BCUT2D eigenvalue weighted by Gasteiger charge is -2.35. The summed E-state index contributed by atoms with van der Waals surface area (Å²) in [5.74, 6) is 0.289. The second kappa shape index (κ2) is 8.47. The summed E-state index contributed by atoms with van der Waals surface area (Å²) in [6, 6.07) is 7.83. The molecule has 0 atom stereocenters. The molecule has 0 radical (unpaired) electrons. The summed E-state index contributed by atoms with van der Waals surface area (Å²) < 4.78 is 70.1. The first-order valence-corrected chi connectivity index (χ1v) is 12.7. The molecule has 2 aromatic carbocycles. The van der Waals surface area contributed by atoms with Crippen molar-refractivity contribution in [2.75, 3.05) is 25.4 Å². The number of halogens is 4. The maximum atomic E-state index is 14.0. The first-order chi connectivity index (χ1) is 16.5. The van der Waals surface area contributed by atoms with Crippen molar-refractivity contribution in [1.82, 2.24) is 24.8 Å². The molecular weight excluding hydrogens is 505 g/mol. The van der Waals surface area contributed by atoms with Crippen LogP contribution in [0.2, 0.25) is 5.02 Å². The molecule has 35 heavy (non-hydrogen) atoms. The average molecular weight is 527 g/mol. The molecule has 186 valence electrons. The van der Waals surface area contributed by atoms with Crippen LogP contribution in [0.15, 0.2) is 41.3 Å². The van der Waals surface area contributed by atoms with E-state index in [4.69, 9.17) is 17.3 Å². The van der Waals surface area contributed by atoms with Gasteiger partial charge in [0.15, 0.2) is 0 Å². The van der Waals surface area contributed by atoms with Crippen molar-refractivity contribution in [2.24, 2.45) is 0 Å². The highest BCUT2D eigenvalue weighted by molar-refractivity contribution is 7.89. The molecule has 8 nitrogen and oxygen atoms in total. The summed E-state index contributed by atoms with van der Waals surface area (Å²) in [6.07, 6.45) is -3.10. The number of benzene rings is 2. The third-order valence-corrected chi connectivity index (χ3v) is 8.73. The number of rotatable bonds is 5. The van der Waals surface area contributed by atoms with Crippen LogP contribution >= 0.6 is 11.6 Å². The van der Waals surface area contributed by atoms with Crippen molar-refractivity contribution < 1.29 is 21.6 Å². The predicted octanol–water partition coefficient (Wildman–Crippen LogP) is 3.44. The first kappa shape index (κ1) is 24.0. The second-order valence-electron chi connectivity index (χ2n) is 8.82. The molecule has 13 heteroatoms. The monoisotopic (exact) mass is 526 g/mol. The van der Waals surface area contributed by atoms with Gasteiger partial charge in [-0.05, 0) is 48.2 Å². The number of aromatic amines is 1. The van der Waals surface area contributed by atoms with Gasteiger partial charge in [-0.1, -0.05) is 23.7 Å². The number of anilines is 1. The Morgan fingerprint density at radius 1 is 1.17 bits per heavy atom. The summed E-state index contributed by atoms with van der Waals surface area (Å²) in [5.41, 5.74) is 4.36. The van der Waals surface area contributed by atoms with Crippen LogP contribution in [0.25, 0.3) is 11.1 Å². The minimum atomic E-state index is -4.70. The van der Waals surface area contributed by atoms with Gasteiger partial charge in [0.2, 0.25) is 16.0 Å². The predicted molar refractivity (Wildman–Crippen MR) is 124 cm³/mol. The number of hydrogen-bond donors (Lipinski definition) is 3. The first-order valence-electron chi connectivity index (χ1n) is 10.9. The van der Waals surface area contributed by atoms with Gasteiger partial charge in [0.25, 0.3) is 0 Å². The molecule has 0 unspecified atom stereocenters. The van der Waals surface area contributed by atoms with E-state index in [9.17, 15) is 21.6 Å². The number of nitrogen functional groups attached to an aromatic ring is 1. The van der Waals surface area contributed by atoms with E-state index < -0.39 is 27.3 Å². The Bertz CT molecular complexity index is 1370. The normalized spacial score (nSPS) is 18.2. The molecule has 1 spiro atoms. The molecule has 0 bridgehead atoms. The minimum absolute atomic E-state index is 0.0118. The van der Waals surface area contributed by atoms with Gasteiger partial charge in [-0.25, -0.2) is 8.42 Å². The number of nitrogens with two attached hydrogens (primary N) is 1. The SMILES string of the molecule is Nc1n[nH]c(Cc2cc(Cl)c(-c3ccc(S(=O)(=O)N4CCNCC45CC5)cc3)c(C(F)(F)F)c2)n1. The molecule has 2 heterocycles. The molecule has 2 aliphatic rings. The largest absolute Gasteiger partial charge is 0.417 e. The Morgan fingerprint density at radius 2 is 1.89 bits per heavy atom. The van der Waals surface area contributed by atoms with Gasteiger partial charge in [-0.15, -0.1) is 5.10 Å². The Labute approximate surface area is 204 Å². The lowest BCUT2D eigenvalue weighted by molar-refractivity contribution is -0.137. The summed E-state index contributed by atoms with van der Waals surface area (Å²) in [5, 5.41) is 9.35. The van der Waals surface area contributed by atoms with Crippen LogP contribution in [-0.4, -0.2) is 53.1 Å². The summed E-state index contributed by atoms with van der Waals surface area (Å²) in [6.45, 7) is 1.50. The number of aromatic nitrogens is 3. The standard InChI is InChI=1S/C22H22ClF3N6O2S/c23-17-10-13(11-18-29-20(27)31-30-18)9-16(22(24,25)26)19(17)14-1-3-15(4-2-14)35(33,34)32-8-7-28-12-21(32)5-6-21/h1-4,9-10,28H,5-8,11-12H2,(H3,27,29,30,31). The number of nitrogens with one attached hydrogen (secondary N) is 2. The highest BCUT2D eigenvalue weighted by Gasteiger charge is 2.54. The number of sulfonamides is 1. The van der Waals surface area contributed by atoms with E-state index in [1.165, 1.54) is 34.6 Å². The Morgan fingerprint density at radius 3 is 2.49 bits per heavy atom. The number of alkyl halides is 3. The van der Waals surface area contributed by atoms with Crippen molar-refractivity contribution in [3.8, 4) is 11.1 Å². The van der Waals surface area contributed by atoms with E-state index >= 15 is 0 Å². The molecule has 4 N–H and O–H groups in total. The highest BCUT2D eigenvalue weighted by atomic mass is 35.5. The molecule has 1 aliphatic carbocycles. The average Bonchev–Trinajstić information content (AvgIpc) is 3.43. The van der Waals surface area contributed by atoms with Crippen LogP contribution in [-0.2, 0) is 22.6 Å². The molecule has 0 amide bonds. The van der Waals surface area contributed by atoms with Crippen LogP contribution in [0.5, 0.6) is 0 Å². The number of H-pyrrole nitrogens is 1. The van der Waals surface area contributed by atoms with E-state index in [0.717, 1.165) is 18.9 Å².